The van der Waals surface area contributed by atoms with Crippen LogP contribution in [0.2, 0.25) is 0 Å². The fourth-order valence-electron chi connectivity index (χ4n) is 2.25. The lowest BCUT2D eigenvalue weighted by Crippen LogP contribution is -2.10. The van der Waals surface area contributed by atoms with Gasteiger partial charge in [-0.05, 0) is 24.5 Å². The van der Waals surface area contributed by atoms with E-state index in [4.69, 9.17) is 0 Å². The summed E-state index contributed by atoms with van der Waals surface area (Å²) in [6, 6.07) is 1.92. The second-order valence-corrected chi connectivity index (χ2v) is 4.32. The van der Waals surface area contributed by atoms with E-state index in [-0.39, 0.29) is 5.56 Å². The van der Waals surface area contributed by atoms with Gasteiger partial charge >= 0.3 is 0 Å². The maximum atomic E-state index is 11.9. The van der Waals surface area contributed by atoms with Crippen LogP contribution in [0, 0.1) is 0 Å². The summed E-state index contributed by atoms with van der Waals surface area (Å²) in [7, 11) is 0. The molecule has 0 radical (unpaired) electrons. The van der Waals surface area contributed by atoms with Crippen LogP contribution < -0.4 is 5.56 Å². The third kappa shape index (κ3) is 2.23. The van der Waals surface area contributed by atoms with E-state index in [2.05, 4.69) is 23.8 Å². The Morgan fingerprint density at radius 3 is 2.71 bits per heavy atom. The maximum absolute atomic E-state index is 11.9. The molecule has 3 nitrogen and oxygen atoms in total. The van der Waals surface area contributed by atoms with Gasteiger partial charge in [-0.2, -0.15) is 0 Å². The number of H-pyrrole nitrogens is 1. The number of hydrogen-bond donors (Lipinski definition) is 1. The van der Waals surface area contributed by atoms with E-state index in [1.807, 2.05) is 12.3 Å². The molecule has 0 bridgehead atoms. The molecule has 0 amide bonds. The standard InChI is InChI=1S/C14H18N2O/c1-3-5-11-12(6-4-2)16-9-10-7-8-15-14(17)13(10)11/h7-9H,3-6H2,1-2H3,(H,15,17). The highest BCUT2D eigenvalue weighted by molar-refractivity contribution is 5.84. The normalized spacial score (nSPS) is 10.9. The van der Waals surface area contributed by atoms with E-state index in [9.17, 15) is 4.79 Å². The Balaban J connectivity index is 2.73. The molecule has 0 unspecified atom stereocenters. The molecule has 2 rings (SSSR count). The Hall–Kier alpha value is -1.64. The van der Waals surface area contributed by atoms with Gasteiger partial charge in [-0.3, -0.25) is 9.78 Å². The molecule has 1 N–H and O–H groups in total. The highest BCUT2D eigenvalue weighted by Crippen LogP contribution is 2.19. The Kier molecular flexibility index (Phi) is 3.57. The highest BCUT2D eigenvalue weighted by Gasteiger charge is 2.10. The van der Waals surface area contributed by atoms with Gasteiger partial charge in [0.25, 0.3) is 5.56 Å². The van der Waals surface area contributed by atoms with Crippen LogP contribution in [-0.2, 0) is 12.8 Å². The third-order valence-corrected chi connectivity index (χ3v) is 2.99. The molecule has 17 heavy (non-hydrogen) atoms. The maximum Gasteiger partial charge on any atom is 0.256 e. The van der Waals surface area contributed by atoms with Gasteiger partial charge in [-0.15, -0.1) is 0 Å². The van der Waals surface area contributed by atoms with Crippen molar-refractivity contribution in [2.75, 3.05) is 0 Å². The molecule has 0 aliphatic heterocycles. The molecule has 0 saturated carbocycles. The van der Waals surface area contributed by atoms with E-state index in [1.165, 1.54) is 0 Å². The highest BCUT2D eigenvalue weighted by atomic mass is 16.1. The number of aromatic nitrogens is 2. The van der Waals surface area contributed by atoms with Gasteiger partial charge < -0.3 is 4.98 Å². The van der Waals surface area contributed by atoms with E-state index >= 15 is 0 Å². The Morgan fingerprint density at radius 1 is 1.24 bits per heavy atom. The number of nitrogens with zero attached hydrogens (tertiary/aromatic N) is 1. The molecular weight excluding hydrogens is 212 g/mol. The van der Waals surface area contributed by atoms with Gasteiger partial charge in [-0.25, -0.2) is 0 Å². The number of rotatable bonds is 4. The quantitative estimate of drug-likeness (QED) is 0.877. The van der Waals surface area contributed by atoms with Crippen molar-refractivity contribution in [2.45, 2.75) is 39.5 Å². The van der Waals surface area contributed by atoms with Crippen LogP contribution in [0.5, 0.6) is 0 Å². The van der Waals surface area contributed by atoms with Gasteiger partial charge in [0, 0.05) is 23.5 Å². The number of aromatic amines is 1. The van der Waals surface area contributed by atoms with Crippen molar-refractivity contribution in [3.63, 3.8) is 0 Å². The van der Waals surface area contributed by atoms with Crippen molar-refractivity contribution in [1.29, 1.82) is 0 Å². The SMILES string of the molecule is CCCc1ncc2cc[nH]c(=O)c2c1CCC. The summed E-state index contributed by atoms with van der Waals surface area (Å²) in [5.41, 5.74) is 2.22. The molecule has 0 spiro atoms. The molecule has 2 aromatic rings. The predicted octanol–water partition coefficient (Wildman–Crippen LogP) is 2.83. The number of hydrogen-bond acceptors (Lipinski definition) is 2. The van der Waals surface area contributed by atoms with Crippen LogP contribution in [0.3, 0.4) is 0 Å². The van der Waals surface area contributed by atoms with Crippen molar-refractivity contribution in [3.8, 4) is 0 Å². The summed E-state index contributed by atoms with van der Waals surface area (Å²) in [5.74, 6) is 0. The van der Waals surface area contributed by atoms with Gasteiger partial charge in [0.15, 0.2) is 0 Å². The summed E-state index contributed by atoms with van der Waals surface area (Å²) < 4.78 is 0. The molecule has 0 aliphatic carbocycles. The lowest BCUT2D eigenvalue weighted by Gasteiger charge is -2.09. The largest absolute Gasteiger partial charge is 0.329 e. The van der Waals surface area contributed by atoms with Crippen molar-refractivity contribution in [2.24, 2.45) is 0 Å². The summed E-state index contributed by atoms with van der Waals surface area (Å²) in [6.45, 7) is 4.27. The van der Waals surface area contributed by atoms with Gasteiger partial charge in [0.05, 0.1) is 5.39 Å². The van der Waals surface area contributed by atoms with Crippen molar-refractivity contribution < 1.29 is 0 Å². The third-order valence-electron chi connectivity index (χ3n) is 2.99. The second kappa shape index (κ2) is 5.13. The predicted molar refractivity (Wildman–Crippen MR) is 70.4 cm³/mol. The van der Waals surface area contributed by atoms with Crippen LogP contribution in [-0.4, -0.2) is 9.97 Å². The fraction of sp³-hybridized carbons (Fsp3) is 0.429. The number of aryl methyl sites for hydroxylation is 2. The van der Waals surface area contributed by atoms with Crippen LogP contribution in [0.1, 0.15) is 37.9 Å². The average molecular weight is 230 g/mol. The number of pyridine rings is 2. The molecule has 90 valence electrons. The van der Waals surface area contributed by atoms with E-state index < -0.39 is 0 Å². The van der Waals surface area contributed by atoms with Crippen LogP contribution in [0.4, 0.5) is 0 Å². The van der Waals surface area contributed by atoms with Crippen LogP contribution >= 0.6 is 0 Å². The lowest BCUT2D eigenvalue weighted by molar-refractivity contribution is 0.835. The van der Waals surface area contributed by atoms with E-state index in [1.54, 1.807) is 6.20 Å². The molecule has 2 heterocycles. The molecular formula is C14H18N2O. The van der Waals surface area contributed by atoms with E-state index in [0.717, 1.165) is 47.7 Å². The fourth-order valence-corrected chi connectivity index (χ4v) is 2.25. The topological polar surface area (TPSA) is 45.8 Å². The molecule has 0 fully saturated rings. The zero-order valence-electron chi connectivity index (χ0n) is 10.4. The first-order chi connectivity index (χ1) is 8.27. The molecule has 0 aliphatic rings. The summed E-state index contributed by atoms with van der Waals surface area (Å²) in [5, 5.41) is 1.77. The van der Waals surface area contributed by atoms with E-state index in [0.29, 0.717) is 0 Å². The molecule has 0 aromatic carbocycles. The smallest absolute Gasteiger partial charge is 0.256 e. The van der Waals surface area contributed by atoms with Gasteiger partial charge in [-0.1, -0.05) is 26.7 Å². The second-order valence-electron chi connectivity index (χ2n) is 4.32. The summed E-state index contributed by atoms with van der Waals surface area (Å²) in [6.07, 6.45) is 7.45. The number of fused-ring (bicyclic) bond motifs is 1. The zero-order chi connectivity index (χ0) is 12.3. The zero-order valence-corrected chi connectivity index (χ0v) is 10.4. The monoisotopic (exact) mass is 230 g/mol. The van der Waals surface area contributed by atoms with Crippen LogP contribution in [0.15, 0.2) is 23.3 Å². The summed E-state index contributed by atoms with van der Waals surface area (Å²) in [4.78, 5) is 19.2. The Morgan fingerprint density at radius 2 is 2.00 bits per heavy atom. The van der Waals surface area contributed by atoms with Gasteiger partial charge in [0.2, 0.25) is 0 Å². The minimum Gasteiger partial charge on any atom is -0.329 e. The molecule has 0 atom stereocenters. The Bertz CT molecular complexity index is 572. The minimum absolute atomic E-state index is 0.00528. The molecule has 2 aromatic heterocycles. The minimum atomic E-state index is 0.00528. The Labute approximate surface area is 101 Å². The first kappa shape index (κ1) is 11.8. The first-order valence-electron chi connectivity index (χ1n) is 6.26. The van der Waals surface area contributed by atoms with Crippen molar-refractivity contribution in [3.05, 3.63) is 40.1 Å². The molecule has 0 saturated heterocycles. The van der Waals surface area contributed by atoms with Crippen molar-refractivity contribution >= 4 is 10.8 Å². The van der Waals surface area contributed by atoms with Gasteiger partial charge in [0.1, 0.15) is 0 Å². The first-order valence-corrected chi connectivity index (χ1v) is 6.26. The summed E-state index contributed by atoms with van der Waals surface area (Å²) >= 11 is 0. The average Bonchev–Trinajstić information content (AvgIpc) is 2.33. The van der Waals surface area contributed by atoms with Crippen LogP contribution in [0.25, 0.3) is 10.8 Å². The lowest BCUT2D eigenvalue weighted by atomic mass is 10.00. The number of nitrogens with one attached hydrogen (secondary N) is 1. The molecule has 3 heteroatoms. The van der Waals surface area contributed by atoms with Crippen molar-refractivity contribution in [1.82, 2.24) is 9.97 Å².